The predicted molar refractivity (Wildman–Crippen MR) is 28.2 cm³/mol. The SMILES string of the molecule is O=C(C(C(F)(F)F)C(F)(F)F)P(=O)([O-])[O-]. The third kappa shape index (κ3) is 3.80. The van der Waals surface area contributed by atoms with Crippen molar-refractivity contribution in [3.8, 4) is 0 Å². The van der Waals surface area contributed by atoms with E-state index >= 15 is 0 Å². The zero-order chi connectivity index (χ0) is 12.7. The minimum Gasteiger partial charge on any atom is -0.805 e. The predicted octanol–water partition coefficient (Wildman–Crippen LogP) is 0.167. The van der Waals surface area contributed by atoms with Crippen LogP contribution >= 0.6 is 7.60 Å². The summed E-state index contributed by atoms with van der Waals surface area (Å²) < 4.78 is 79.7. The van der Waals surface area contributed by atoms with Crippen molar-refractivity contribution < 1.29 is 45.5 Å². The van der Waals surface area contributed by atoms with Crippen LogP contribution in [-0.4, -0.2) is 17.9 Å². The van der Waals surface area contributed by atoms with Crippen LogP contribution in [0.3, 0.4) is 0 Å². The summed E-state index contributed by atoms with van der Waals surface area (Å²) in [6.45, 7) is 0. The lowest BCUT2D eigenvalue weighted by Crippen LogP contribution is -2.45. The van der Waals surface area contributed by atoms with E-state index in [0.29, 0.717) is 0 Å². The minimum absolute atomic E-state index is 3.43. The van der Waals surface area contributed by atoms with E-state index in [1.807, 2.05) is 0 Å². The Balaban J connectivity index is 5.36. The number of halogens is 6. The molecule has 0 aromatic heterocycles. The van der Waals surface area contributed by atoms with Gasteiger partial charge < -0.3 is 14.4 Å². The summed E-state index contributed by atoms with van der Waals surface area (Å²) in [5, 5.41) is 0. The quantitative estimate of drug-likeness (QED) is 0.522. The van der Waals surface area contributed by atoms with Gasteiger partial charge in [0.15, 0.2) is 5.52 Å². The van der Waals surface area contributed by atoms with Crippen molar-refractivity contribution in [1.82, 2.24) is 0 Å². The second-order valence-electron chi connectivity index (χ2n) is 2.35. The molecule has 11 heteroatoms. The summed E-state index contributed by atoms with van der Waals surface area (Å²) in [6, 6.07) is 0. The van der Waals surface area contributed by atoms with Crippen molar-refractivity contribution in [3.63, 3.8) is 0 Å². The van der Waals surface area contributed by atoms with Crippen molar-refractivity contribution in [3.05, 3.63) is 0 Å². The van der Waals surface area contributed by atoms with Crippen molar-refractivity contribution in [1.29, 1.82) is 0 Å². The lowest BCUT2D eigenvalue weighted by Gasteiger charge is -2.33. The van der Waals surface area contributed by atoms with Crippen LogP contribution in [0.4, 0.5) is 26.3 Å². The highest BCUT2D eigenvalue weighted by molar-refractivity contribution is 7.67. The second-order valence-corrected chi connectivity index (χ2v) is 3.79. The molecule has 0 N–H and O–H groups in total. The first-order chi connectivity index (χ1) is 6.28. The summed E-state index contributed by atoms with van der Waals surface area (Å²) in [4.78, 5) is 29.7. The molecule has 0 unspecified atom stereocenters. The first-order valence-electron chi connectivity index (χ1n) is 2.98. The fraction of sp³-hybridized carbons (Fsp3) is 0.750. The van der Waals surface area contributed by atoms with Crippen LogP contribution in [0.5, 0.6) is 0 Å². The third-order valence-corrected chi connectivity index (χ3v) is 1.97. The van der Waals surface area contributed by atoms with Gasteiger partial charge in [0.05, 0.1) is 0 Å². The number of hydrogen-bond donors (Lipinski definition) is 0. The van der Waals surface area contributed by atoms with Gasteiger partial charge in [-0.2, -0.15) is 26.3 Å². The average Bonchev–Trinajstić information content (AvgIpc) is 1.76. The lowest BCUT2D eigenvalue weighted by atomic mass is 10.1. The van der Waals surface area contributed by atoms with Gasteiger partial charge in [0, 0.05) is 7.60 Å². The molecule has 0 heterocycles. The van der Waals surface area contributed by atoms with Gasteiger partial charge in [0.25, 0.3) is 0 Å². The lowest BCUT2D eigenvalue weighted by molar-refractivity contribution is -0.318. The van der Waals surface area contributed by atoms with E-state index in [9.17, 15) is 45.5 Å². The van der Waals surface area contributed by atoms with E-state index in [1.165, 1.54) is 0 Å². The Morgan fingerprint density at radius 1 is 1.00 bits per heavy atom. The molecule has 0 fully saturated rings. The van der Waals surface area contributed by atoms with E-state index < -0.39 is 31.4 Å². The Morgan fingerprint density at radius 3 is 1.33 bits per heavy atom. The highest BCUT2D eigenvalue weighted by Crippen LogP contribution is 2.46. The normalized spacial score (nSPS) is 14.5. The maximum atomic E-state index is 11.7. The molecule has 0 aliphatic carbocycles. The van der Waals surface area contributed by atoms with Gasteiger partial charge in [-0.1, -0.05) is 0 Å². The molecule has 4 nitrogen and oxygen atoms in total. The van der Waals surface area contributed by atoms with Crippen LogP contribution in [-0.2, 0) is 9.36 Å². The molecule has 0 atom stereocenters. The van der Waals surface area contributed by atoms with Crippen molar-refractivity contribution >= 4 is 13.1 Å². The fourth-order valence-electron chi connectivity index (χ4n) is 0.624. The van der Waals surface area contributed by atoms with E-state index in [0.717, 1.165) is 0 Å². The third-order valence-electron chi connectivity index (χ3n) is 1.17. The standard InChI is InChI=1S/C4H3F6O4P/c5-3(6,7)1(4(8,9)10)2(11)15(12,13)14/h1H,(H2,12,13,14)/p-2. The monoisotopic (exact) mass is 258 g/mol. The van der Waals surface area contributed by atoms with Crippen molar-refractivity contribution in [2.24, 2.45) is 5.92 Å². The van der Waals surface area contributed by atoms with Crippen molar-refractivity contribution in [2.45, 2.75) is 12.4 Å². The molecule has 0 aromatic carbocycles. The van der Waals surface area contributed by atoms with E-state index in [1.54, 1.807) is 0 Å². The molecule has 0 spiro atoms. The van der Waals surface area contributed by atoms with Gasteiger partial charge in [-0.05, 0) is 0 Å². The summed E-state index contributed by atoms with van der Waals surface area (Å²) in [5.41, 5.74) is -3.43. The molecule has 0 rings (SSSR count). The average molecular weight is 258 g/mol. The van der Waals surface area contributed by atoms with Gasteiger partial charge in [0.1, 0.15) is 0 Å². The number of carbonyl (C=O) groups is 1. The second kappa shape index (κ2) is 3.76. The molecule has 0 aliphatic rings. The van der Waals surface area contributed by atoms with Gasteiger partial charge in [-0.3, -0.25) is 4.79 Å². The molecular weight excluding hydrogens is 257 g/mol. The summed E-state index contributed by atoms with van der Waals surface area (Å²) in [6.07, 6.45) is -12.3. The number of hydrogen-bond acceptors (Lipinski definition) is 4. The summed E-state index contributed by atoms with van der Waals surface area (Å²) >= 11 is 0. The fourth-order valence-corrected chi connectivity index (χ4v) is 1.23. The van der Waals surface area contributed by atoms with E-state index in [4.69, 9.17) is 0 Å². The number of alkyl halides is 6. The van der Waals surface area contributed by atoms with E-state index in [-0.39, 0.29) is 0 Å². The summed E-state index contributed by atoms with van der Waals surface area (Å²) in [5.74, 6) is -4.79. The first-order valence-corrected chi connectivity index (χ1v) is 4.52. The molecule has 0 aromatic rings. The molecule has 0 aliphatic heterocycles. The van der Waals surface area contributed by atoms with Crippen molar-refractivity contribution in [2.75, 3.05) is 0 Å². The Morgan fingerprint density at radius 2 is 1.27 bits per heavy atom. The first kappa shape index (κ1) is 14.4. The Bertz CT molecular complexity index is 285. The summed E-state index contributed by atoms with van der Waals surface area (Å²) in [7, 11) is -6.58. The topological polar surface area (TPSA) is 80.3 Å². The zero-order valence-corrected chi connectivity index (χ0v) is 7.32. The van der Waals surface area contributed by atoms with Gasteiger partial charge in [0.2, 0.25) is 5.92 Å². The molecule has 0 amide bonds. The molecule has 0 bridgehead atoms. The zero-order valence-electron chi connectivity index (χ0n) is 6.43. The molecule has 90 valence electrons. The van der Waals surface area contributed by atoms with E-state index in [2.05, 4.69) is 0 Å². The molecule has 0 saturated heterocycles. The van der Waals surface area contributed by atoms with Crippen LogP contribution in [0.2, 0.25) is 0 Å². The van der Waals surface area contributed by atoms with Crippen LogP contribution in [0, 0.1) is 5.92 Å². The molecular formula is C4HF6O4P-2. The maximum absolute atomic E-state index is 11.7. The van der Waals surface area contributed by atoms with Crippen LogP contribution in [0.25, 0.3) is 0 Å². The van der Waals surface area contributed by atoms with Gasteiger partial charge >= 0.3 is 12.4 Å². The minimum atomic E-state index is -6.58. The Hall–Kier alpha value is -0.600. The molecule has 15 heavy (non-hydrogen) atoms. The van der Waals surface area contributed by atoms with Crippen LogP contribution in [0.15, 0.2) is 0 Å². The van der Waals surface area contributed by atoms with Crippen LogP contribution < -0.4 is 9.79 Å². The maximum Gasteiger partial charge on any atom is 0.407 e. The number of rotatable bonds is 2. The highest BCUT2D eigenvalue weighted by Gasteiger charge is 2.61. The molecule has 0 saturated carbocycles. The van der Waals surface area contributed by atoms with Crippen LogP contribution in [0.1, 0.15) is 0 Å². The van der Waals surface area contributed by atoms with Gasteiger partial charge in [-0.25, -0.2) is 0 Å². The Kier molecular flexibility index (Phi) is 3.61. The smallest absolute Gasteiger partial charge is 0.407 e. The largest absolute Gasteiger partial charge is 0.805 e. The number of carbonyl (C=O) groups excluding carboxylic acids is 1. The molecule has 0 radical (unpaired) electrons. The Labute approximate surface area is 78.0 Å². The van der Waals surface area contributed by atoms with Gasteiger partial charge in [-0.15, -0.1) is 0 Å². The highest BCUT2D eigenvalue weighted by atomic mass is 31.2.